The summed E-state index contributed by atoms with van der Waals surface area (Å²) in [7, 11) is 0. The lowest BCUT2D eigenvalue weighted by Crippen LogP contribution is -1.85. The van der Waals surface area contributed by atoms with Gasteiger partial charge in [-0.3, -0.25) is 0 Å². The highest BCUT2D eigenvalue weighted by Crippen LogP contribution is 2.02. The maximum absolute atomic E-state index is 2.28. The molecule has 0 heteroatoms. The maximum Gasteiger partial charge on any atom is 0 e. The second-order valence-corrected chi connectivity index (χ2v) is 1.92. The van der Waals surface area contributed by atoms with Gasteiger partial charge in [0.25, 0.3) is 0 Å². The zero-order valence-corrected chi connectivity index (χ0v) is 6.99. The molecule has 0 radical (unpaired) electrons. The van der Waals surface area contributed by atoms with E-state index in [0.29, 0.717) is 0 Å². The molecule has 0 unspecified atom stereocenters. The molecule has 0 spiro atoms. The van der Waals surface area contributed by atoms with Gasteiger partial charge >= 0.3 is 0 Å². The number of hydrogen-bond donors (Lipinski definition) is 0. The fourth-order valence-corrected chi connectivity index (χ4v) is 0.289. The van der Waals surface area contributed by atoms with Crippen LogP contribution in [-0.4, -0.2) is 0 Å². The van der Waals surface area contributed by atoms with Gasteiger partial charge in [0.1, 0.15) is 0 Å². The van der Waals surface area contributed by atoms with Crippen LogP contribution in [0.5, 0.6) is 0 Å². The van der Waals surface area contributed by atoms with E-state index in [2.05, 4.69) is 20.8 Å². The summed E-state index contributed by atoms with van der Waals surface area (Å²) < 4.78 is 0. The average molecular weight is 118 g/mol. The molecule has 0 nitrogen and oxygen atoms in total. The molecule has 54 valence electrons. The first kappa shape index (κ1) is 10.9. The molecule has 0 amide bonds. The number of rotatable bonds is 2. The molecule has 0 aromatic heterocycles. The minimum absolute atomic E-state index is 0. The summed E-state index contributed by atoms with van der Waals surface area (Å²) >= 11 is 0. The Hall–Kier alpha value is 0. The number of hydrogen-bond acceptors (Lipinski definition) is 0. The lowest BCUT2D eigenvalue weighted by molar-refractivity contribution is 0.544. The largest absolute Gasteiger partial charge is 0.0683 e. The first-order valence-electron chi connectivity index (χ1n) is 3.81. The second-order valence-electron chi connectivity index (χ2n) is 1.92. The summed E-state index contributed by atoms with van der Waals surface area (Å²) in [6, 6.07) is 0. The molecule has 0 aliphatic rings. The van der Waals surface area contributed by atoms with E-state index >= 15 is 0 Å². The van der Waals surface area contributed by atoms with Gasteiger partial charge in [-0.25, -0.2) is 0 Å². The second kappa shape index (κ2) is 10.1. The fourth-order valence-electron chi connectivity index (χ4n) is 0.289. The van der Waals surface area contributed by atoms with Gasteiger partial charge in [-0.1, -0.05) is 47.5 Å². The van der Waals surface area contributed by atoms with Crippen LogP contribution in [0.4, 0.5) is 0 Å². The van der Waals surface area contributed by atoms with Crippen molar-refractivity contribution in [1.82, 2.24) is 0 Å². The van der Waals surface area contributed by atoms with E-state index in [9.17, 15) is 0 Å². The summed E-state index contributed by atoms with van der Waals surface area (Å²) in [6.07, 6.45) is 2.66. The van der Waals surface area contributed by atoms with E-state index in [-0.39, 0.29) is 1.43 Å². The van der Waals surface area contributed by atoms with Gasteiger partial charge in [0.2, 0.25) is 0 Å². The van der Waals surface area contributed by atoms with Crippen molar-refractivity contribution in [3.8, 4) is 0 Å². The van der Waals surface area contributed by atoms with Gasteiger partial charge < -0.3 is 0 Å². The molecule has 0 atom stereocenters. The van der Waals surface area contributed by atoms with E-state index in [4.69, 9.17) is 0 Å². The Bertz CT molecular complexity index is 23.7. The molecule has 0 heterocycles. The van der Waals surface area contributed by atoms with Crippen molar-refractivity contribution in [1.29, 1.82) is 0 Å². The van der Waals surface area contributed by atoms with Gasteiger partial charge in [-0.2, -0.15) is 0 Å². The third-order valence-electron chi connectivity index (χ3n) is 1.39. The Morgan fingerprint density at radius 1 is 1.12 bits per heavy atom. The molecule has 0 aromatic carbocycles. The van der Waals surface area contributed by atoms with Crippen molar-refractivity contribution < 1.29 is 1.43 Å². The van der Waals surface area contributed by atoms with Crippen molar-refractivity contribution in [3.05, 3.63) is 0 Å². The van der Waals surface area contributed by atoms with Gasteiger partial charge in [0, 0.05) is 1.43 Å². The Labute approximate surface area is 55.8 Å². The first-order valence-corrected chi connectivity index (χ1v) is 3.81. The van der Waals surface area contributed by atoms with Gasteiger partial charge in [-0.15, -0.1) is 0 Å². The van der Waals surface area contributed by atoms with E-state index in [1.165, 1.54) is 12.8 Å². The van der Waals surface area contributed by atoms with Crippen LogP contribution in [0.25, 0.3) is 0 Å². The van der Waals surface area contributed by atoms with Crippen LogP contribution in [0.15, 0.2) is 0 Å². The molecule has 8 heavy (non-hydrogen) atoms. The van der Waals surface area contributed by atoms with Gasteiger partial charge in [0.15, 0.2) is 0 Å². The molecule has 0 fully saturated rings. The Balaban J connectivity index is -0.000000109. The zero-order valence-electron chi connectivity index (χ0n) is 6.99. The molecular weight excluding hydrogens is 96.1 g/mol. The van der Waals surface area contributed by atoms with Crippen molar-refractivity contribution >= 4 is 0 Å². The van der Waals surface area contributed by atoms with Crippen molar-refractivity contribution in [2.45, 2.75) is 47.5 Å². The van der Waals surface area contributed by atoms with E-state index in [0.717, 1.165) is 5.92 Å². The Morgan fingerprint density at radius 2 is 1.38 bits per heavy atom. The summed E-state index contributed by atoms with van der Waals surface area (Å²) in [5.74, 6) is 0.935. The monoisotopic (exact) mass is 118 g/mol. The summed E-state index contributed by atoms with van der Waals surface area (Å²) in [5, 5.41) is 0. The van der Waals surface area contributed by atoms with E-state index < -0.39 is 0 Å². The van der Waals surface area contributed by atoms with Crippen LogP contribution in [-0.2, 0) is 0 Å². The standard InChI is InChI=1S/C6H14.C2H6.H2/c1-4-6(3)5-2;1-2;/h6H,4-5H2,1-3H3;1-2H3;1H. The first-order chi connectivity index (χ1) is 3.81. The zero-order chi connectivity index (χ0) is 6.99. The Morgan fingerprint density at radius 3 is 1.38 bits per heavy atom. The van der Waals surface area contributed by atoms with Crippen LogP contribution in [0.2, 0.25) is 0 Å². The van der Waals surface area contributed by atoms with E-state index in [1.54, 1.807) is 0 Å². The molecule has 0 rings (SSSR count). The lowest BCUT2D eigenvalue weighted by Gasteiger charge is -1.98. The highest BCUT2D eigenvalue weighted by molar-refractivity contribution is 4.41. The normalized spacial score (nSPS) is 8.25. The van der Waals surface area contributed by atoms with Crippen molar-refractivity contribution in [2.24, 2.45) is 5.92 Å². The maximum atomic E-state index is 2.28. The Kier molecular flexibility index (Phi) is 13.7. The predicted octanol–water partition coefficient (Wildman–Crippen LogP) is 3.71. The summed E-state index contributed by atoms with van der Waals surface area (Å²) in [5.41, 5.74) is 0. The summed E-state index contributed by atoms with van der Waals surface area (Å²) in [6.45, 7) is 10.7. The van der Waals surface area contributed by atoms with Crippen LogP contribution in [0.1, 0.15) is 48.9 Å². The minimum atomic E-state index is 0. The molecule has 0 aromatic rings. The third-order valence-corrected chi connectivity index (χ3v) is 1.39. The molecule has 0 saturated heterocycles. The van der Waals surface area contributed by atoms with Crippen LogP contribution < -0.4 is 0 Å². The molecule has 0 bridgehead atoms. The van der Waals surface area contributed by atoms with Crippen molar-refractivity contribution in [2.75, 3.05) is 0 Å². The predicted molar refractivity (Wildman–Crippen MR) is 43.2 cm³/mol. The topological polar surface area (TPSA) is 0 Å². The molecular formula is C8H22. The van der Waals surface area contributed by atoms with Crippen LogP contribution in [0, 0.1) is 5.92 Å². The van der Waals surface area contributed by atoms with Gasteiger partial charge in [0.05, 0.1) is 0 Å². The molecule has 0 saturated carbocycles. The smallest absolute Gasteiger partial charge is 0 e. The fraction of sp³-hybridized carbons (Fsp3) is 1.00. The van der Waals surface area contributed by atoms with Crippen molar-refractivity contribution in [3.63, 3.8) is 0 Å². The quantitative estimate of drug-likeness (QED) is 0.518. The molecule has 0 aliphatic heterocycles. The highest BCUT2D eigenvalue weighted by Gasteiger charge is 1.88. The summed E-state index contributed by atoms with van der Waals surface area (Å²) in [4.78, 5) is 0. The highest BCUT2D eigenvalue weighted by atomic mass is 13.9. The molecule has 0 N–H and O–H groups in total. The van der Waals surface area contributed by atoms with Crippen LogP contribution in [0.3, 0.4) is 0 Å². The molecule has 0 aliphatic carbocycles. The van der Waals surface area contributed by atoms with Gasteiger partial charge in [-0.05, 0) is 5.92 Å². The third kappa shape index (κ3) is 9.38. The lowest BCUT2D eigenvalue weighted by atomic mass is 10.1. The van der Waals surface area contributed by atoms with Crippen LogP contribution >= 0.6 is 0 Å². The SMILES string of the molecule is CC.CCC(C)CC.[HH]. The average Bonchev–Trinajstić information content (AvgIpc) is 1.91. The minimum Gasteiger partial charge on any atom is -0.0683 e. The van der Waals surface area contributed by atoms with E-state index in [1.807, 2.05) is 13.8 Å².